The van der Waals surface area contributed by atoms with E-state index in [0.717, 1.165) is 5.69 Å². The van der Waals surface area contributed by atoms with Gasteiger partial charge in [-0.1, -0.05) is 32.0 Å². The second-order valence-corrected chi connectivity index (χ2v) is 5.83. The Labute approximate surface area is 130 Å². The van der Waals surface area contributed by atoms with Crippen LogP contribution in [-0.2, 0) is 0 Å². The Morgan fingerprint density at radius 2 is 2.05 bits per heavy atom. The van der Waals surface area contributed by atoms with E-state index in [9.17, 15) is 9.90 Å². The molecule has 0 bridgehead atoms. The molecule has 0 saturated carbocycles. The zero-order chi connectivity index (χ0) is 16.2. The van der Waals surface area contributed by atoms with Crippen molar-refractivity contribution in [3.05, 3.63) is 42.7 Å². The molecular weight excluding hydrogens is 280 g/mol. The van der Waals surface area contributed by atoms with Crippen molar-refractivity contribution in [2.24, 2.45) is 5.92 Å². The number of hydrogen-bond donors (Lipinski definition) is 3. The summed E-state index contributed by atoms with van der Waals surface area (Å²) in [6.45, 7) is 5.70. The Balaban J connectivity index is 1.92. The summed E-state index contributed by atoms with van der Waals surface area (Å²) in [5.74, 6) is 0.0497. The first-order valence-corrected chi connectivity index (χ1v) is 7.26. The summed E-state index contributed by atoms with van der Waals surface area (Å²) in [5.41, 5.74) is 0.565. The van der Waals surface area contributed by atoms with Gasteiger partial charge in [0, 0.05) is 6.54 Å². The topological polar surface area (TPSA) is 79.2 Å². The highest BCUT2D eigenvalue weighted by molar-refractivity contribution is 5.88. The number of nitrogens with one attached hydrogen (secondary N) is 2. The van der Waals surface area contributed by atoms with Crippen LogP contribution in [-0.4, -0.2) is 33.1 Å². The largest absolute Gasteiger partial charge is 0.388 e. The molecule has 0 aliphatic carbocycles. The maximum absolute atomic E-state index is 11.9. The number of hydrogen-bond acceptors (Lipinski definition) is 3. The lowest BCUT2D eigenvalue weighted by molar-refractivity contribution is 0.0170. The number of para-hydroxylation sites is 1. The molecule has 22 heavy (non-hydrogen) atoms. The molecule has 1 unspecified atom stereocenters. The maximum Gasteiger partial charge on any atom is 0.319 e. The second kappa shape index (κ2) is 6.62. The number of carbonyl (C=O) groups excluding carboxylic acids is 1. The summed E-state index contributed by atoms with van der Waals surface area (Å²) in [4.78, 5) is 11.9. The lowest BCUT2D eigenvalue weighted by atomic mass is 9.93. The van der Waals surface area contributed by atoms with Crippen molar-refractivity contribution in [2.45, 2.75) is 26.4 Å². The third-order valence-electron chi connectivity index (χ3n) is 3.71. The third-order valence-corrected chi connectivity index (χ3v) is 3.71. The predicted molar refractivity (Wildman–Crippen MR) is 86.0 cm³/mol. The summed E-state index contributed by atoms with van der Waals surface area (Å²) in [7, 11) is 0. The van der Waals surface area contributed by atoms with Gasteiger partial charge in [0.15, 0.2) is 0 Å². The van der Waals surface area contributed by atoms with Gasteiger partial charge < -0.3 is 15.7 Å². The molecule has 2 rings (SSSR count). The highest BCUT2D eigenvalue weighted by Gasteiger charge is 2.25. The SMILES string of the molecule is CC(C)C(C)(O)CNC(=O)Nc1cnn(-c2ccccc2)c1. The molecule has 0 aliphatic heterocycles. The first-order valence-electron chi connectivity index (χ1n) is 7.26. The lowest BCUT2D eigenvalue weighted by Gasteiger charge is -2.27. The maximum atomic E-state index is 11.9. The Morgan fingerprint density at radius 3 is 2.68 bits per heavy atom. The monoisotopic (exact) mass is 302 g/mol. The van der Waals surface area contributed by atoms with Crippen molar-refractivity contribution in [1.82, 2.24) is 15.1 Å². The molecule has 1 atom stereocenters. The van der Waals surface area contributed by atoms with Crippen LogP contribution in [0.15, 0.2) is 42.7 Å². The standard InChI is InChI=1S/C16H22N4O2/c1-12(2)16(3,22)11-17-15(21)19-13-9-18-20(10-13)14-7-5-4-6-8-14/h4-10,12,22H,11H2,1-3H3,(H2,17,19,21). The number of benzene rings is 1. The molecule has 1 aromatic heterocycles. The highest BCUT2D eigenvalue weighted by atomic mass is 16.3. The van der Waals surface area contributed by atoms with Crippen LogP contribution in [0.4, 0.5) is 10.5 Å². The van der Waals surface area contributed by atoms with Crippen LogP contribution in [0.1, 0.15) is 20.8 Å². The van der Waals surface area contributed by atoms with Gasteiger partial charge in [-0.3, -0.25) is 0 Å². The number of carbonyl (C=O) groups is 1. The Bertz CT molecular complexity index is 620. The van der Waals surface area contributed by atoms with Gasteiger partial charge in [-0.05, 0) is 25.0 Å². The van der Waals surface area contributed by atoms with Gasteiger partial charge >= 0.3 is 6.03 Å². The number of aliphatic hydroxyl groups is 1. The van der Waals surface area contributed by atoms with E-state index in [0.29, 0.717) is 5.69 Å². The average Bonchev–Trinajstić information content (AvgIpc) is 2.94. The van der Waals surface area contributed by atoms with E-state index in [4.69, 9.17) is 0 Å². The molecule has 6 nitrogen and oxygen atoms in total. The van der Waals surface area contributed by atoms with Crippen molar-refractivity contribution in [1.29, 1.82) is 0 Å². The van der Waals surface area contributed by atoms with E-state index >= 15 is 0 Å². The molecular formula is C16H22N4O2. The number of amides is 2. The summed E-state index contributed by atoms with van der Waals surface area (Å²) in [6.07, 6.45) is 3.31. The molecule has 1 heterocycles. The molecule has 2 aromatic rings. The first-order chi connectivity index (χ1) is 10.4. The fraction of sp³-hybridized carbons (Fsp3) is 0.375. The van der Waals surface area contributed by atoms with Gasteiger partial charge in [-0.2, -0.15) is 5.10 Å². The number of nitrogens with zero attached hydrogens (tertiary/aromatic N) is 2. The van der Waals surface area contributed by atoms with E-state index < -0.39 is 5.60 Å². The number of anilines is 1. The van der Waals surface area contributed by atoms with Crippen molar-refractivity contribution in [3.63, 3.8) is 0 Å². The summed E-state index contributed by atoms with van der Waals surface area (Å²) in [5, 5.41) is 19.7. The summed E-state index contributed by atoms with van der Waals surface area (Å²) in [6, 6.07) is 9.26. The van der Waals surface area contributed by atoms with Crippen LogP contribution in [0.5, 0.6) is 0 Å². The second-order valence-electron chi connectivity index (χ2n) is 5.83. The molecule has 0 aliphatic rings. The third kappa shape index (κ3) is 4.08. The molecule has 118 valence electrons. The van der Waals surface area contributed by atoms with Gasteiger partial charge in [0.25, 0.3) is 0 Å². The number of rotatable bonds is 5. The molecule has 6 heteroatoms. The normalized spacial score (nSPS) is 13.7. The lowest BCUT2D eigenvalue weighted by Crippen LogP contribution is -2.45. The minimum absolute atomic E-state index is 0.0497. The predicted octanol–water partition coefficient (Wildman–Crippen LogP) is 2.40. The number of urea groups is 1. The fourth-order valence-corrected chi connectivity index (χ4v) is 1.75. The van der Waals surface area contributed by atoms with E-state index in [1.54, 1.807) is 24.0 Å². The average molecular weight is 302 g/mol. The molecule has 1 aromatic carbocycles. The fourth-order valence-electron chi connectivity index (χ4n) is 1.75. The molecule has 0 saturated heterocycles. The minimum Gasteiger partial charge on any atom is -0.388 e. The van der Waals surface area contributed by atoms with Gasteiger partial charge in [0.1, 0.15) is 0 Å². The van der Waals surface area contributed by atoms with Gasteiger partial charge in [0.05, 0.1) is 29.4 Å². The minimum atomic E-state index is -0.939. The quantitative estimate of drug-likeness (QED) is 0.793. The van der Waals surface area contributed by atoms with E-state index in [1.807, 2.05) is 44.2 Å². The molecule has 0 fully saturated rings. The summed E-state index contributed by atoms with van der Waals surface area (Å²) >= 11 is 0. The van der Waals surface area contributed by atoms with E-state index in [2.05, 4.69) is 15.7 Å². The van der Waals surface area contributed by atoms with Crippen molar-refractivity contribution >= 4 is 11.7 Å². The van der Waals surface area contributed by atoms with E-state index in [1.165, 1.54) is 0 Å². The molecule has 3 N–H and O–H groups in total. The first kappa shape index (κ1) is 16.0. The number of aromatic nitrogens is 2. The van der Waals surface area contributed by atoms with Gasteiger partial charge in [-0.15, -0.1) is 0 Å². The van der Waals surface area contributed by atoms with Crippen molar-refractivity contribution in [3.8, 4) is 5.69 Å². The molecule has 0 spiro atoms. The molecule has 2 amide bonds. The molecule has 0 radical (unpaired) electrons. The van der Waals surface area contributed by atoms with Crippen LogP contribution >= 0.6 is 0 Å². The van der Waals surface area contributed by atoms with Crippen LogP contribution in [0, 0.1) is 5.92 Å². The summed E-state index contributed by atoms with van der Waals surface area (Å²) < 4.78 is 1.68. The van der Waals surface area contributed by atoms with Gasteiger partial charge in [-0.25, -0.2) is 9.48 Å². The zero-order valence-electron chi connectivity index (χ0n) is 13.1. The Hall–Kier alpha value is -2.34. The van der Waals surface area contributed by atoms with Crippen LogP contribution in [0.25, 0.3) is 5.69 Å². The Morgan fingerprint density at radius 1 is 1.36 bits per heavy atom. The Kier molecular flexibility index (Phi) is 4.82. The van der Waals surface area contributed by atoms with Gasteiger partial charge in [0.2, 0.25) is 0 Å². The zero-order valence-corrected chi connectivity index (χ0v) is 13.1. The highest BCUT2D eigenvalue weighted by Crippen LogP contribution is 2.15. The van der Waals surface area contributed by atoms with Crippen molar-refractivity contribution < 1.29 is 9.90 Å². The smallest absolute Gasteiger partial charge is 0.319 e. The van der Waals surface area contributed by atoms with Crippen LogP contribution in [0.2, 0.25) is 0 Å². The van der Waals surface area contributed by atoms with Crippen LogP contribution < -0.4 is 10.6 Å². The van der Waals surface area contributed by atoms with E-state index in [-0.39, 0.29) is 18.5 Å². The van der Waals surface area contributed by atoms with Crippen molar-refractivity contribution in [2.75, 3.05) is 11.9 Å². The van der Waals surface area contributed by atoms with Crippen LogP contribution in [0.3, 0.4) is 0 Å².